The molecule has 23 rings (SSSR count). The number of imidazole rings is 2. The highest BCUT2D eigenvalue weighted by molar-refractivity contribution is 6.22. The fourth-order valence-electron chi connectivity index (χ4n) is 16.9. The van der Waals surface area contributed by atoms with E-state index in [0.717, 1.165) is 205 Å². The lowest BCUT2D eigenvalue weighted by molar-refractivity contribution is 1.10. The van der Waals surface area contributed by atoms with Crippen LogP contribution < -0.4 is 0 Å². The predicted molar refractivity (Wildman–Crippen MR) is 486 cm³/mol. The molecule has 0 saturated heterocycles. The summed E-state index contributed by atoms with van der Waals surface area (Å²) in [7, 11) is 0. The van der Waals surface area contributed by atoms with Gasteiger partial charge < -0.3 is 0 Å². The molecule has 7 heterocycles. The Morgan fingerprint density at radius 1 is 0.195 bits per heavy atom. The summed E-state index contributed by atoms with van der Waals surface area (Å²) in [6, 6.07) is 142. The number of rotatable bonds is 12. The predicted octanol–water partition coefficient (Wildman–Crippen LogP) is 27.2. The Kier molecular flexibility index (Phi) is 17.0. The van der Waals surface area contributed by atoms with E-state index in [1.807, 2.05) is 42.6 Å². The normalized spacial score (nSPS) is 11.6. The van der Waals surface area contributed by atoms with E-state index in [1.165, 1.54) is 11.1 Å². The quantitative estimate of drug-likeness (QED) is 0.111. The van der Waals surface area contributed by atoms with Gasteiger partial charge in [-0.15, -0.1) is 0 Å². The highest BCUT2D eigenvalue weighted by atomic mass is 15.1. The summed E-state index contributed by atoms with van der Waals surface area (Å²) >= 11 is 0. The van der Waals surface area contributed by atoms with Crippen LogP contribution in [-0.4, -0.2) is 49.0 Å². The molecule has 0 aliphatic rings. The Hall–Kier alpha value is -16.0. The fraction of sp³-hybridized carbons (Fsp3) is 0. The maximum absolute atomic E-state index is 5.47. The second-order valence-corrected chi connectivity index (χ2v) is 29.7. The van der Waals surface area contributed by atoms with Gasteiger partial charge in [-0.1, -0.05) is 328 Å². The van der Waals surface area contributed by atoms with Crippen LogP contribution in [0.15, 0.2) is 413 Å². The molecule has 550 valence electrons. The van der Waals surface area contributed by atoms with Gasteiger partial charge in [0.15, 0.2) is 5.82 Å². The van der Waals surface area contributed by atoms with Crippen LogP contribution in [0.2, 0.25) is 0 Å². The number of hydrogen-bond donors (Lipinski definition) is 0. The summed E-state index contributed by atoms with van der Waals surface area (Å²) < 4.78 is 4.54. The van der Waals surface area contributed by atoms with Gasteiger partial charge in [0.05, 0.1) is 72.4 Å². The molecule has 7 aromatic heterocycles. The molecule has 0 N–H and O–H groups in total. The highest BCUT2D eigenvalue weighted by Gasteiger charge is 2.25. The molecule has 23 aromatic rings. The van der Waals surface area contributed by atoms with Crippen LogP contribution >= 0.6 is 0 Å². The zero-order valence-corrected chi connectivity index (χ0v) is 63.7. The molecule has 0 saturated carbocycles. The van der Waals surface area contributed by atoms with Gasteiger partial charge in [-0.25, -0.2) is 34.9 Å². The van der Waals surface area contributed by atoms with Crippen LogP contribution in [-0.2, 0) is 0 Å². The van der Waals surface area contributed by atoms with E-state index >= 15 is 0 Å². The van der Waals surface area contributed by atoms with E-state index in [1.54, 1.807) is 0 Å². The summed E-state index contributed by atoms with van der Waals surface area (Å²) in [4.78, 5) is 41.7. The number of aromatic nitrogens is 10. The van der Waals surface area contributed by atoms with Crippen LogP contribution in [0.25, 0.3) is 222 Å². The van der Waals surface area contributed by atoms with Crippen molar-refractivity contribution in [3.8, 4) is 124 Å². The number of pyridine rings is 4. The van der Waals surface area contributed by atoms with E-state index in [9.17, 15) is 0 Å². The second-order valence-electron chi connectivity index (χ2n) is 29.7. The number of benzene rings is 16. The van der Waals surface area contributed by atoms with Gasteiger partial charge in [0, 0.05) is 94.2 Å². The Balaban J connectivity index is 0.000000144. The van der Waals surface area contributed by atoms with E-state index in [4.69, 9.17) is 34.9 Å². The van der Waals surface area contributed by atoms with Crippen molar-refractivity contribution in [2.45, 2.75) is 0 Å². The van der Waals surface area contributed by atoms with Gasteiger partial charge in [-0.05, 0) is 123 Å². The summed E-state index contributed by atoms with van der Waals surface area (Å²) in [5.74, 6) is 2.48. The maximum Gasteiger partial charge on any atom is 0.160 e. The first-order chi connectivity index (χ1) is 58.5. The fourth-order valence-corrected chi connectivity index (χ4v) is 16.9. The van der Waals surface area contributed by atoms with Crippen LogP contribution in [0.3, 0.4) is 0 Å². The van der Waals surface area contributed by atoms with Gasteiger partial charge in [0.25, 0.3) is 0 Å². The van der Waals surface area contributed by atoms with E-state index in [2.05, 4.69) is 384 Å². The number of nitrogens with zero attached hydrogens (tertiary/aromatic N) is 10. The number of fused-ring (bicyclic) bond motifs is 14. The molecule has 16 aromatic carbocycles. The largest absolute Gasteiger partial charge is 0.292 e. The van der Waals surface area contributed by atoms with Crippen molar-refractivity contribution in [3.05, 3.63) is 413 Å². The van der Waals surface area contributed by atoms with Gasteiger partial charge in [0.2, 0.25) is 0 Å². The van der Waals surface area contributed by atoms with Gasteiger partial charge in [-0.2, -0.15) is 0 Å². The van der Waals surface area contributed by atoms with E-state index < -0.39 is 0 Å². The summed E-state index contributed by atoms with van der Waals surface area (Å²) in [6.45, 7) is 0. The SMILES string of the molecule is c1ccc(-c2ccc(-c3nc(-c4ccc(-c5cccc(-c6nc7ccccc7c7ccc8c(nc(-c9ccccc9)n8-c8ccccc8)c67)c5)cc4)nc4ccccc34)cc2)cc1.c1ccc(-c2nc3c4c(-c5cccc(-c6ccc(-c7ccc8ccc9cccnc9c8n7)cc6)c5)nc5ccccc5c4ccc3n2-c2ccccc2)cc1. The minimum Gasteiger partial charge on any atom is -0.292 e. The van der Waals surface area contributed by atoms with E-state index in [0.29, 0.717) is 5.82 Å². The molecule has 0 aliphatic heterocycles. The Labute approximate surface area is 679 Å². The topological polar surface area (TPSA) is 113 Å². The van der Waals surface area contributed by atoms with Gasteiger partial charge in [-0.3, -0.25) is 14.1 Å². The lowest BCUT2D eigenvalue weighted by atomic mass is 9.96. The summed E-state index contributed by atoms with van der Waals surface area (Å²) in [5.41, 5.74) is 28.3. The van der Waals surface area contributed by atoms with Crippen molar-refractivity contribution in [3.63, 3.8) is 0 Å². The Morgan fingerprint density at radius 2 is 0.585 bits per heavy atom. The molecule has 0 bridgehead atoms. The average molecular weight is 1510 g/mol. The minimum absolute atomic E-state index is 0.691. The van der Waals surface area contributed by atoms with Crippen molar-refractivity contribution in [1.29, 1.82) is 0 Å². The molecule has 0 atom stereocenters. The van der Waals surface area contributed by atoms with Crippen molar-refractivity contribution >= 4 is 98.1 Å². The lowest BCUT2D eigenvalue weighted by Gasteiger charge is -2.13. The third kappa shape index (κ3) is 12.3. The first kappa shape index (κ1) is 68.7. The summed E-state index contributed by atoms with van der Waals surface area (Å²) in [6.07, 6.45) is 1.83. The molecule has 0 aliphatic carbocycles. The average Bonchev–Trinajstić information content (AvgIpc) is 1.48. The Morgan fingerprint density at radius 3 is 1.10 bits per heavy atom. The molecule has 10 nitrogen and oxygen atoms in total. The molecule has 0 radical (unpaired) electrons. The van der Waals surface area contributed by atoms with E-state index in [-0.39, 0.29) is 0 Å². The highest BCUT2D eigenvalue weighted by Crippen LogP contribution is 2.45. The monoisotopic (exact) mass is 1500 g/mol. The second kappa shape index (κ2) is 29.2. The Bertz CT molecular complexity index is 7810. The molecule has 118 heavy (non-hydrogen) atoms. The molecule has 0 amide bonds. The molecular weight excluding hydrogens is 1440 g/mol. The first-order valence-corrected chi connectivity index (χ1v) is 39.7. The lowest BCUT2D eigenvalue weighted by Crippen LogP contribution is -1.97. The summed E-state index contributed by atoms with van der Waals surface area (Å²) in [5, 5.41) is 9.73. The molecule has 10 heteroatoms. The smallest absolute Gasteiger partial charge is 0.160 e. The van der Waals surface area contributed by atoms with Crippen molar-refractivity contribution < 1.29 is 0 Å². The van der Waals surface area contributed by atoms with Crippen molar-refractivity contribution in [1.82, 2.24) is 49.0 Å². The van der Waals surface area contributed by atoms with Crippen LogP contribution in [0.4, 0.5) is 0 Å². The third-order valence-electron chi connectivity index (χ3n) is 22.6. The number of para-hydroxylation sites is 5. The van der Waals surface area contributed by atoms with Gasteiger partial charge >= 0.3 is 0 Å². The van der Waals surface area contributed by atoms with Crippen LogP contribution in [0.5, 0.6) is 0 Å². The van der Waals surface area contributed by atoms with Crippen LogP contribution in [0.1, 0.15) is 0 Å². The zero-order chi connectivity index (χ0) is 78.0. The molecule has 0 unspecified atom stereocenters. The maximum atomic E-state index is 5.47. The minimum atomic E-state index is 0.691. The van der Waals surface area contributed by atoms with Gasteiger partial charge in [0.1, 0.15) is 11.6 Å². The molecule has 0 spiro atoms. The van der Waals surface area contributed by atoms with Crippen molar-refractivity contribution in [2.24, 2.45) is 0 Å². The zero-order valence-electron chi connectivity index (χ0n) is 63.7. The number of hydrogen-bond acceptors (Lipinski definition) is 8. The van der Waals surface area contributed by atoms with Crippen LogP contribution in [0, 0.1) is 0 Å². The molecular formula is C108H68N10. The first-order valence-electron chi connectivity index (χ1n) is 39.7. The standard InChI is InChI=1S/C58H37N5.C50H31N5/c1-4-15-38(16-5-1)39-27-31-41(32-28-39)54-49-24-11-13-26-51(49)60-57(61-54)42-33-29-40(30-34-42)44-19-14-20-45(37-44)55-53-48(47-23-10-12-25-50(47)59-55)35-36-52-56(53)62-58(43-17-6-2-7-18-43)63(52)46-21-8-3-9-22-46;1-3-11-36(12-4-1)50-54-49-44(55(50)39-16-5-2-6-17-39)29-27-41-40-18-7-8-19-43(40)53-46(45(41)49)38-14-9-13-37(31-38)32-20-22-33(23-21-32)42-28-26-35-25-24-34-15-10-30-51-47(34)48(35)52-42/h1-37H;1-31H. The van der Waals surface area contributed by atoms with Crippen molar-refractivity contribution in [2.75, 3.05) is 0 Å². The molecule has 0 fully saturated rings. The third-order valence-corrected chi connectivity index (χ3v) is 22.6.